The Bertz CT molecular complexity index is 718. The van der Waals surface area contributed by atoms with E-state index in [2.05, 4.69) is 9.88 Å². The number of para-hydroxylation sites is 2. The molecule has 2 aliphatic rings. The summed E-state index contributed by atoms with van der Waals surface area (Å²) < 4.78 is 1.98. The van der Waals surface area contributed by atoms with Gasteiger partial charge in [-0.25, -0.2) is 4.79 Å². The number of nitrogens with one attached hydrogen (secondary N) is 1. The van der Waals surface area contributed by atoms with Crippen molar-refractivity contribution in [3.05, 3.63) is 34.7 Å². The van der Waals surface area contributed by atoms with Crippen molar-refractivity contribution in [3.63, 3.8) is 0 Å². The fourth-order valence-corrected chi connectivity index (χ4v) is 4.41. The molecule has 4 rings (SSSR count). The number of nitrogens with zero attached hydrogens (tertiary/aromatic N) is 2. The van der Waals surface area contributed by atoms with Crippen molar-refractivity contribution < 1.29 is 0 Å². The second-order valence-corrected chi connectivity index (χ2v) is 7.15. The number of H-pyrrole nitrogens is 1. The highest BCUT2D eigenvalue weighted by molar-refractivity contribution is 5.75. The standard InChI is InChI=1S/C18H26N4O/c19-13-5-7-14(8-6-13)21-11-9-15(10-12-21)22-17-4-2-1-3-16(17)20-18(22)23/h1-4,13-15H,5-12,19H2,(H,20,23)/t13-,14+. The number of aromatic amines is 1. The predicted molar refractivity (Wildman–Crippen MR) is 92.6 cm³/mol. The van der Waals surface area contributed by atoms with Gasteiger partial charge in [0.15, 0.2) is 0 Å². The van der Waals surface area contributed by atoms with Gasteiger partial charge in [0.2, 0.25) is 0 Å². The number of benzene rings is 1. The average molecular weight is 314 g/mol. The second-order valence-electron chi connectivity index (χ2n) is 7.15. The number of aromatic nitrogens is 2. The van der Waals surface area contributed by atoms with Gasteiger partial charge in [0.25, 0.3) is 0 Å². The Morgan fingerprint density at radius 1 is 0.957 bits per heavy atom. The quantitative estimate of drug-likeness (QED) is 0.893. The molecule has 2 aromatic rings. The van der Waals surface area contributed by atoms with Crippen LogP contribution >= 0.6 is 0 Å². The molecule has 0 amide bonds. The zero-order valence-electron chi connectivity index (χ0n) is 13.6. The summed E-state index contributed by atoms with van der Waals surface area (Å²) in [6.45, 7) is 2.19. The number of piperidine rings is 1. The van der Waals surface area contributed by atoms with Gasteiger partial charge < -0.3 is 15.6 Å². The number of fused-ring (bicyclic) bond motifs is 1. The molecule has 0 atom stereocenters. The Hall–Kier alpha value is -1.59. The first kappa shape index (κ1) is 15.0. The number of hydrogen-bond donors (Lipinski definition) is 2. The minimum atomic E-state index is 0.0355. The Morgan fingerprint density at radius 2 is 1.65 bits per heavy atom. The Kier molecular flexibility index (Phi) is 3.99. The molecule has 1 aromatic heterocycles. The summed E-state index contributed by atoms with van der Waals surface area (Å²) in [5.74, 6) is 0. The van der Waals surface area contributed by atoms with Gasteiger partial charge in [-0.1, -0.05) is 12.1 Å². The molecular weight excluding hydrogens is 288 g/mol. The third-order valence-electron chi connectivity index (χ3n) is 5.75. The molecule has 23 heavy (non-hydrogen) atoms. The number of rotatable bonds is 2. The first-order chi connectivity index (χ1) is 11.2. The lowest BCUT2D eigenvalue weighted by atomic mass is 9.89. The summed E-state index contributed by atoms with van der Waals surface area (Å²) in [4.78, 5) is 17.9. The van der Waals surface area contributed by atoms with Crippen LogP contribution in [0.25, 0.3) is 11.0 Å². The highest BCUT2D eigenvalue weighted by Crippen LogP contribution is 2.29. The first-order valence-corrected chi connectivity index (χ1v) is 8.91. The fourth-order valence-electron chi connectivity index (χ4n) is 4.41. The van der Waals surface area contributed by atoms with Crippen LogP contribution in [0.5, 0.6) is 0 Å². The number of imidazole rings is 1. The van der Waals surface area contributed by atoms with E-state index in [0.717, 1.165) is 49.8 Å². The minimum Gasteiger partial charge on any atom is -0.328 e. The molecule has 5 heteroatoms. The van der Waals surface area contributed by atoms with Crippen molar-refractivity contribution >= 4 is 11.0 Å². The highest BCUT2D eigenvalue weighted by atomic mass is 16.1. The fraction of sp³-hybridized carbons (Fsp3) is 0.611. The molecule has 1 aliphatic carbocycles. The monoisotopic (exact) mass is 314 g/mol. The van der Waals surface area contributed by atoms with Crippen molar-refractivity contribution in [1.82, 2.24) is 14.5 Å². The van der Waals surface area contributed by atoms with Gasteiger partial charge in [-0.15, -0.1) is 0 Å². The molecule has 0 bridgehead atoms. The van der Waals surface area contributed by atoms with Crippen molar-refractivity contribution in [3.8, 4) is 0 Å². The van der Waals surface area contributed by atoms with Crippen LogP contribution in [0.3, 0.4) is 0 Å². The van der Waals surface area contributed by atoms with Crippen LogP contribution < -0.4 is 11.4 Å². The SMILES string of the molecule is N[C@H]1CC[C@@H](N2CCC(n3c(=O)[nH]c4ccccc43)CC2)CC1. The van der Waals surface area contributed by atoms with Crippen LogP contribution in [0.4, 0.5) is 0 Å². The molecule has 0 radical (unpaired) electrons. The van der Waals surface area contributed by atoms with Crippen molar-refractivity contribution in [2.45, 2.75) is 56.7 Å². The first-order valence-electron chi connectivity index (χ1n) is 8.91. The van der Waals surface area contributed by atoms with E-state index in [1.807, 2.05) is 28.8 Å². The normalized spacial score (nSPS) is 27.5. The summed E-state index contributed by atoms with van der Waals surface area (Å²) in [6, 6.07) is 9.44. The zero-order chi connectivity index (χ0) is 15.8. The van der Waals surface area contributed by atoms with E-state index in [0.29, 0.717) is 18.1 Å². The van der Waals surface area contributed by atoms with E-state index >= 15 is 0 Å². The smallest absolute Gasteiger partial charge is 0.326 e. The number of likely N-dealkylation sites (tertiary alicyclic amines) is 1. The molecule has 2 heterocycles. The van der Waals surface area contributed by atoms with Crippen LogP contribution in [-0.2, 0) is 0 Å². The molecule has 1 saturated heterocycles. The molecule has 1 saturated carbocycles. The van der Waals surface area contributed by atoms with Crippen LogP contribution in [0, 0.1) is 0 Å². The van der Waals surface area contributed by atoms with Crippen molar-refractivity contribution in [2.75, 3.05) is 13.1 Å². The third kappa shape index (κ3) is 2.83. The van der Waals surface area contributed by atoms with Gasteiger partial charge in [0.05, 0.1) is 11.0 Å². The van der Waals surface area contributed by atoms with E-state index in [-0.39, 0.29) is 5.69 Å². The van der Waals surface area contributed by atoms with E-state index in [4.69, 9.17) is 5.73 Å². The largest absolute Gasteiger partial charge is 0.328 e. The lowest BCUT2D eigenvalue weighted by molar-refractivity contribution is 0.105. The van der Waals surface area contributed by atoms with Crippen molar-refractivity contribution in [1.29, 1.82) is 0 Å². The van der Waals surface area contributed by atoms with Crippen LogP contribution in [0.15, 0.2) is 29.1 Å². The van der Waals surface area contributed by atoms with Gasteiger partial charge >= 0.3 is 5.69 Å². The average Bonchev–Trinajstić information content (AvgIpc) is 2.91. The minimum absolute atomic E-state index is 0.0355. The second kappa shape index (κ2) is 6.13. The maximum Gasteiger partial charge on any atom is 0.326 e. The Morgan fingerprint density at radius 3 is 2.39 bits per heavy atom. The predicted octanol–water partition coefficient (Wildman–Crippen LogP) is 2.24. The molecule has 124 valence electrons. The topological polar surface area (TPSA) is 67.0 Å². The van der Waals surface area contributed by atoms with Gasteiger partial charge in [0, 0.05) is 31.2 Å². The van der Waals surface area contributed by atoms with Gasteiger partial charge in [-0.05, 0) is 50.7 Å². The Labute approximate surface area is 136 Å². The molecule has 1 aromatic carbocycles. The molecule has 2 fully saturated rings. The summed E-state index contributed by atoms with van der Waals surface area (Å²) in [7, 11) is 0. The maximum atomic E-state index is 12.3. The third-order valence-corrected chi connectivity index (χ3v) is 5.75. The number of nitrogens with two attached hydrogens (primary N) is 1. The van der Waals surface area contributed by atoms with Crippen molar-refractivity contribution in [2.24, 2.45) is 5.73 Å². The maximum absolute atomic E-state index is 12.3. The molecule has 0 unspecified atom stereocenters. The van der Waals surface area contributed by atoms with E-state index in [9.17, 15) is 4.79 Å². The summed E-state index contributed by atoms with van der Waals surface area (Å²) in [5.41, 5.74) is 8.04. The summed E-state index contributed by atoms with van der Waals surface area (Å²) in [6.07, 6.45) is 6.91. The van der Waals surface area contributed by atoms with Gasteiger partial charge in [0.1, 0.15) is 0 Å². The lowest BCUT2D eigenvalue weighted by Crippen LogP contribution is -2.45. The van der Waals surface area contributed by atoms with E-state index in [1.165, 1.54) is 12.8 Å². The van der Waals surface area contributed by atoms with Crippen LogP contribution in [0.2, 0.25) is 0 Å². The Balaban J connectivity index is 1.47. The van der Waals surface area contributed by atoms with Gasteiger partial charge in [-0.2, -0.15) is 0 Å². The van der Waals surface area contributed by atoms with Gasteiger partial charge in [-0.3, -0.25) is 4.57 Å². The molecule has 5 nitrogen and oxygen atoms in total. The molecule has 3 N–H and O–H groups in total. The van der Waals surface area contributed by atoms with E-state index in [1.54, 1.807) is 0 Å². The van der Waals surface area contributed by atoms with Crippen LogP contribution in [0.1, 0.15) is 44.6 Å². The summed E-state index contributed by atoms with van der Waals surface area (Å²) >= 11 is 0. The van der Waals surface area contributed by atoms with E-state index < -0.39 is 0 Å². The molecule has 1 aliphatic heterocycles. The highest BCUT2D eigenvalue weighted by Gasteiger charge is 2.29. The molecule has 0 spiro atoms. The van der Waals surface area contributed by atoms with Crippen LogP contribution in [-0.4, -0.2) is 39.6 Å². The summed E-state index contributed by atoms with van der Waals surface area (Å²) in [5, 5.41) is 0. The zero-order valence-corrected chi connectivity index (χ0v) is 13.6. The lowest BCUT2D eigenvalue weighted by Gasteiger charge is -2.40. The number of hydrogen-bond acceptors (Lipinski definition) is 3. The molecular formula is C18H26N4O.